The molecule has 0 spiro atoms. The Bertz CT molecular complexity index is 1540. The molecule has 10 nitrogen and oxygen atoms in total. The third-order valence-electron chi connectivity index (χ3n) is 6.32. The van der Waals surface area contributed by atoms with E-state index in [4.69, 9.17) is 11.5 Å². The lowest BCUT2D eigenvalue weighted by Gasteiger charge is -2.18. The molecular formula is C23H20BrF3N8O2. The van der Waals surface area contributed by atoms with Gasteiger partial charge in [0.25, 0.3) is 0 Å². The van der Waals surface area contributed by atoms with Crippen molar-refractivity contribution in [3.63, 3.8) is 0 Å². The molecule has 4 aromatic rings. The number of nitrogens with zero attached hydrogens (tertiary/aromatic N) is 4. The maximum atomic E-state index is 13.4. The van der Waals surface area contributed by atoms with Gasteiger partial charge in [0, 0.05) is 17.8 Å². The van der Waals surface area contributed by atoms with Crippen LogP contribution in [0.2, 0.25) is 0 Å². The van der Waals surface area contributed by atoms with Gasteiger partial charge in [-0.1, -0.05) is 6.07 Å². The second-order valence-electron chi connectivity index (χ2n) is 8.63. The van der Waals surface area contributed by atoms with E-state index in [9.17, 15) is 22.8 Å². The van der Waals surface area contributed by atoms with Gasteiger partial charge in [-0.2, -0.15) is 13.2 Å². The fourth-order valence-corrected chi connectivity index (χ4v) is 4.90. The SMILES string of the molecule is Nc1ncnc2c1c1cc(C(F)(F)F)ccc1n2[C@H](N)C(=O)[C@@H]1CN[C@H](C(=O)Nc2cccc(Br)n2)C1. The van der Waals surface area contributed by atoms with Crippen molar-refractivity contribution in [2.24, 2.45) is 11.7 Å². The van der Waals surface area contributed by atoms with Crippen molar-refractivity contribution in [3.8, 4) is 0 Å². The maximum absolute atomic E-state index is 13.4. The van der Waals surface area contributed by atoms with Gasteiger partial charge in [0.15, 0.2) is 5.78 Å². The fraction of sp³-hybridized carbons (Fsp3) is 0.261. The molecule has 0 saturated carbocycles. The summed E-state index contributed by atoms with van der Waals surface area (Å²) in [5, 5.41) is 6.03. The molecule has 1 aliphatic rings. The van der Waals surface area contributed by atoms with Crippen LogP contribution < -0.4 is 22.1 Å². The number of nitrogen functional groups attached to an aromatic ring is 1. The summed E-state index contributed by atoms with van der Waals surface area (Å²) in [6.07, 6.45) is -4.53. The normalized spacial score (nSPS) is 18.8. The van der Waals surface area contributed by atoms with Crippen molar-refractivity contribution >= 4 is 61.2 Å². The van der Waals surface area contributed by atoms with E-state index in [-0.39, 0.29) is 46.6 Å². The minimum absolute atomic E-state index is 0.0341. The molecule has 4 heterocycles. The van der Waals surface area contributed by atoms with E-state index in [1.54, 1.807) is 18.2 Å². The summed E-state index contributed by atoms with van der Waals surface area (Å²) in [4.78, 5) is 38.3. The van der Waals surface area contributed by atoms with E-state index in [0.717, 1.165) is 18.5 Å². The molecule has 3 aromatic heterocycles. The molecule has 1 aliphatic heterocycles. The predicted molar refractivity (Wildman–Crippen MR) is 133 cm³/mol. The average molecular weight is 577 g/mol. The summed E-state index contributed by atoms with van der Waals surface area (Å²) in [5.41, 5.74) is 11.9. The first kappa shape index (κ1) is 25.0. The zero-order valence-corrected chi connectivity index (χ0v) is 20.5. The molecule has 37 heavy (non-hydrogen) atoms. The molecule has 0 aliphatic carbocycles. The second-order valence-corrected chi connectivity index (χ2v) is 9.45. The number of pyridine rings is 1. The first-order chi connectivity index (χ1) is 17.5. The van der Waals surface area contributed by atoms with Crippen molar-refractivity contribution in [1.82, 2.24) is 24.8 Å². The molecule has 192 valence electrons. The van der Waals surface area contributed by atoms with Gasteiger partial charge in [0.05, 0.1) is 22.5 Å². The molecule has 0 bridgehead atoms. The first-order valence-corrected chi connectivity index (χ1v) is 11.9. The summed E-state index contributed by atoms with van der Waals surface area (Å²) in [7, 11) is 0. The van der Waals surface area contributed by atoms with Crippen LogP contribution in [0.15, 0.2) is 47.3 Å². The number of benzene rings is 1. The first-order valence-electron chi connectivity index (χ1n) is 11.1. The third-order valence-corrected chi connectivity index (χ3v) is 6.76. The third kappa shape index (κ3) is 4.63. The zero-order valence-electron chi connectivity index (χ0n) is 19.0. The van der Waals surface area contributed by atoms with Gasteiger partial charge in [-0.05, 0) is 52.7 Å². The molecule has 1 amide bonds. The van der Waals surface area contributed by atoms with Crippen LogP contribution in [0.1, 0.15) is 18.2 Å². The van der Waals surface area contributed by atoms with Crippen LogP contribution in [-0.4, -0.2) is 43.8 Å². The van der Waals surface area contributed by atoms with Crippen LogP contribution >= 0.6 is 15.9 Å². The highest BCUT2D eigenvalue weighted by atomic mass is 79.9. The molecule has 1 fully saturated rings. The Balaban J connectivity index is 1.43. The quantitative estimate of drug-likeness (QED) is 0.264. The Labute approximate surface area is 215 Å². The highest BCUT2D eigenvalue weighted by Crippen LogP contribution is 2.38. The molecule has 14 heteroatoms. The molecule has 1 saturated heterocycles. The molecular weight excluding hydrogens is 557 g/mol. The van der Waals surface area contributed by atoms with E-state index >= 15 is 0 Å². The number of amides is 1. The van der Waals surface area contributed by atoms with Gasteiger partial charge in [-0.15, -0.1) is 0 Å². The highest BCUT2D eigenvalue weighted by molar-refractivity contribution is 9.10. The molecule has 5 rings (SSSR count). The number of anilines is 2. The van der Waals surface area contributed by atoms with Gasteiger partial charge >= 0.3 is 6.18 Å². The van der Waals surface area contributed by atoms with Crippen molar-refractivity contribution in [1.29, 1.82) is 0 Å². The molecule has 1 aromatic carbocycles. The summed E-state index contributed by atoms with van der Waals surface area (Å²) in [6.45, 7) is 0.197. The van der Waals surface area contributed by atoms with E-state index in [1.165, 1.54) is 10.6 Å². The Kier molecular flexibility index (Phi) is 6.33. The van der Waals surface area contributed by atoms with Crippen LogP contribution in [0.3, 0.4) is 0 Å². The Morgan fingerprint density at radius 3 is 2.73 bits per heavy atom. The van der Waals surface area contributed by atoms with Crippen molar-refractivity contribution in [2.45, 2.75) is 24.8 Å². The topological polar surface area (TPSA) is 154 Å². The van der Waals surface area contributed by atoms with Crippen LogP contribution in [0.5, 0.6) is 0 Å². The standard InChI is InChI=1S/C23H20BrF3N8O2/c24-15-2-1-3-16(33-15)34-22(37)13-6-10(8-30-13)18(36)20(29)35-14-5-4-11(23(25,26)27)7-12(14)17-19(28)31-9-32-21(17)35/h1-5,7,9-10,13,20,30H,6,8,29H2,(H2,28,31,32)(H,33,34,37)/t10-,13-,20-/m0/s1. The number of nitrogens with one attached hydrogen (secondary N) is 2. The number of alkyl halides is 3. The van der Waals surface area contributed by atoms with Gasteiger partial charge < -0.3 is 26.7 Å². The summed E-state index contributed by atoms with van der Waals surface area (Å²) in [5.74, 6) is -1.06. The number of carbonyl (C=O) groups excluding carboxylic acids is 2. The van der Waals surface area contributed by atoms with Crippen molar-refractivity contribution < 1.29 is 22.8 Å². The van der Waals surface area contributed by atoms with Crippen LogP contribution in [0.4, 0.5) is 24.8 Å². The number of rotatable bonds is 5. The lowest BCUT2D eigenvalue weighted by molar-refractivity contribution is -0.137. The lowest BCUT2D eigenvalue weighted by atomic mass is 9.98. The second kappa shape index (κ2) is 9.36. The smallest absolute Gasteiger partial charge is 0.383 e. The minimum Gasteiger partial charge on any atom is -0.383 e. The van der Waals surface area contributed by atoms with Crippen LogP contribution in [0, 0.1) is 5.92 Å². The molecule has 0 unspecified atom stereocenters. The Morgan fingerprint density at radius 1 is 1.22 bits per heavy atom. The number of hydrogen-bond acceptors (Lipinski definition) is 8. The number of hydrogen-bond donors (Lipinski definition) is 4. The number of carbonyl (C=O) groups is 2. The minimum atomic E-state index is -4.58. The van der Waals surface area contributed by atoms with Gasteiger partial charge in [-0.3, -0.25) is 9.59 Å². The number of fused-ring (bicyclic) bond motifs is 3. The van der Waals surface area contributed by atoms with E-state index in [2.05, 4.69) is 41.5 Å². The molecule has 3 atom stereocenters. The molecule has 6 N–H and O–H groups in total. The van der Waals surface area contributed by atoms with Crippen LogP contribution in [0.25, 0.3) is 21.9 Å². The summed E-state index contributed by atoms with van der Waals surface area (Å²) < 4.78 is 42.1. The summed E-state index contributed by atoms with van der Waals surface area (Å²) in [6, 6.07) is 7.50. The molecule has 0 radical (unpaired) electrons. The zero-order chi connectivity index (χ0) is 26.5. The number of halogens is 4. The maximum Gasteiger partial charge on any atom is 0.416 e. The number of Topliss-reactive ketones (excluding diaryl/α,β-unsaturated/α-hetero) is 1. The van der Waals surface area contributed by atoms with Crippen molar-refractivity contribution in [2.75, 3.05) is 17.6 Å². The average Bonchev–Trinajstić information content (AvgIpc) is 3.46. The van der Waals surface area contributed by atoms with Gasteiger partial charge in [-0.25, -0.2) is 15.0 Å². The van der Waals surface area contributed by atoms with Gasteiger partial charge in [0.2, 0.25) is 5.91 Å². The monoisotopic (exact) mass is 576 g/mol. The number of ketones is 1. The number of nitrogens with two attached hydrogens (primary N) is 2. The lowest BCUT2D eigenvalue weighted by Crippen LogP contribution is -2.35. The highest BCUT2D eigenvalue weighted by Gasteiger charge is 2.38. The van der Waals surface area contributed by atoms with Crippen LogP contribution in [-0.2, 0) is 15.8 Å². The largest absolute Gasteiger partial charge is 0.416 e. The predicted octanol–water partition coefficient (Wildman–Crippen LogP) is 2.99. The Hall–Kier alpha value is -3.62. The summed E-state index contributed by atoms with van der Waals surface area (Å²) >= 11 is 3.24. The van der Waals surface area contributed by atoms with E-state index in [0.29, 0.717) is 10.4 Å². The number of aromatic nitrogens is 4. The van der Waals surface area contributed by atoms with E-state index in [1.807, 2.05) is 0 Å². The van der Waals surface area contributed by atoms with Gasteiger partial charge in [0.1, 0.15) is 34.4 Å². The van der Waals surface area contributed by atoms with E-state index < -0.39 is 35.6 Å². The Morgan fingerprint density at radius 2 is 2.00 bits per heavy atom. The fourth-order valence-electron chi connectivity index (χ4n) is 4.56. The van der Waals surface area contributed by atoms with Crippen molar-refractivity contribution in [3.05, 3.63) is 52.9 Å².